The molecular weight excluding hydrogens is 378 g/mol. The number of rotatable bonds is 2. The van der Waals surface area contributed by atoms with Gasteiger partial charge in [-0.05, 0) is 123 Å². The number of hydrogen-bond donors (Lipinski definition) is 0. The molecule has 8 fully saturated rings. The van der Waals surface area contributed by atoms with E-state index in [0.717, 1.165) is 45.8 Å². The molecule has 0 radical (unpaired) electrons. The molecule has 0 unspecified atom stereocenters. The minimum atomic E-state index is 0. The Morgan fingerprint density at radius 1 is 0.455 bits per heavy atom. The maximum absolute atomic E-state index is 1.67. The Morgan fingerprint density at radius 2 is 0.682 bits per heavy atom. The Labute approximate surface area is 151 Å². The van der Waals surface area contributed by atoms with Gasteiger partial charge in [0.05, 0.1) is 0 Å². The van der Waals surface area contributed by atoms with Crippen LogP contribution in [-0.4, -0.2) is 10.3 Å². The summed E-state index contributed by atoms with van der Waals surface area (Å²) in [4.78, 5) is 0. The molecule has 0 aliphatic heterocycles. The second-order valence-electron chi connectivity index (χ2n) is 10.5. The average molecular weight is 409 g/mol. The molecule has 0 N–H and O–H groups in total. The van der Waals surface area contributed by atoms with Crippen molar-refractivity contribution >= 4 is 8.58 Å². The van der Waals surface area contributed by atoms with Gasteiger partial charge in [0.15, 0.2) is 0 Å². The van der Waals surface area contributed by atoms with Crippen molar-refractivity contribution in [1.29, 1.82) is 0 Å². The molecule has 0 spiro atoms. The molecule has 8 aliphatic carbocycles. The van der Waals surface area contributed by atoms with Crippen molar-refractivity contribution in [3.8, 4) is 0 Å². The molecule has 8 bridgehead atoms. The van der Waals surface area contributed by atoms with Crippen molar-refractivity contribution in [1.82, 2.24) is 0 Å². The van der Waals surface area contributed by atoms with Gasteiger partial charge in [-0.25, -0.2) is 0 Å². The van der Waals surface area contributed by atoms with E-state index in [-0.39, 0.29) is 20.4 Å². The SMILES string of the molecule is C1C2CC3CC1CC(PC14CC5CC(CC(C5)C1)C4)(C2)C3.[Pd]. The van der Waals surface area contributed by atoms with E-state index in [2.05, 4.69) is 0 Å². The smallest absolute Gasteiger partial charge is 0 e. The van der Waals surface area contributed by atoms with Crippen molar-refractivity contribution in [2.75, 3.05) is 0 Å². The van der Waals surface area contributed by atoms with Crippen LogP contribution in [0.15, 0.2) is 0 Å². The summed E-state index contributed by atoms with van der Waals surface area (Å²) in [6.45, 7) is 0. The maximum Gasteiger partial charge on any atom is 0 e. The third-order valence-corrected chi connectivity index (χ3v) is 10.9. The first-order valence-electron chi connectivity index (χ1n) is 9.97. The zero-order valence-corrected chi connectivity index (χ0v) is 16.3. The Hall–Kier alpha value is 1.09. The van der Waals surface area contributed by atoms with Crippen LogP contribution in [0.5, 0.6) is 0 Å². The number of hydrogen-bond acceptors (Lipinski definition) is 0. The minimum absolute atomic E-state index is 0. The maximum atomic E-state index is 1.67. The van der Waals surface area contributed by atoms with Gasteiger partial charge in [-0.3, -0.25) is 0 Å². The van der Waals surface area contributed by atoms with E-state index in [0.29, 0.717) is 0 Å². The van der Waals surface area contributed by atoms with Gasteiger partial charge in [0, 0.05) is 20.4 Å². The summed E-state index contributed by atoms with van der Waals surface area (Å²) in [7, 11) is 1.38. The molecule has 22 heavy (non-hydrogen) atoms. The molecule has 0 aromatic carbocycles. The summed E-state index contributed by atoms with van der Waals surface area (Å²) in [5.41, 5.74) is 0. The van der Waals surface area contributed by atoms with E-state index >= 15 is 0 Å². The van der Waals surface area contributed by atoms with Crippen LogP contribution in [0.3, 0.4) is 0 Å². The standard InChI is InChI=1S/C20H31P.Pd/c1-13-2-15-3-14(1)8-19(7-13,9-15)21-20-10-16-4-17(11-20)6-18(5-16)12-20;/h13-18,21H,1-12H2;. The second-order valence-corrected chi connectivity index (χ2v) is 12.9. The second kappa shape index (κ2) is 5.06. The summed E-state index contributed by atoms with van der Waals surface area (Å²) in [5, 5.41) is 1.75. The largest absolute Gasteiger partial charge is 0.109 e. The zero-order chi connectivity index (χ0) is 13.7. The van der Waals surface area contributed by atoms with Gasteiger partial charge < -0.3 is 0 Å². The predicted molar refractivity (Wildman–Crippen MR) is 90.1 cm³/mol. The molecule has 0 aromatic rings. The first kappa shape index (κ1) is 15.4. The van der Waals surface area contributed by atoms with E-state index in [4.69, 9.17) is 0 Å². The topological polar surface area (TPSA) is 0 Å². The van der Waals surface area contributed by atoms with E-state index in [1.807, 2.05) is 0 Å². The van der Waals surface area contributed by atoms with Crippen LogP contribution in [0.1, 0.15) is 77.0 Å². The van der Waals surface area contributed by atoms with Gasteiger partial charge in [0.1, 0.15) is 0 Å². The van der Waals surface area contributed by atoms with Crippen LogP contribution in [0.25, 0.3) is 0 Å². The molecule has 0 amide bonds. The molecule has 0 atom stereocenters. The Morgan fingerprint density at radius 3 is 0.909 bits per heavy atom. The summed E-state index contributed by atoms with van der Waals surface area (Å²) in [6.07, 6.45) is 19.8. The molecule has 126 valence electrons. The average Bonchev–Trinajstić information content (AvgIpc) is 2.33. The Bertz CT molecular complexity index is 358. The molecule has 0 nitrogen and oxygen atoms in total. The first-order valence-corrected chi connectivity index (χ1v) is 11.0. The molecule has 2 heteroatoms. The van der Waals surface area contributed by atoms with E-state index < -0.39 is 0 Å². The van der Waals surface area contributed by atoms with Crippen LogP contribution < -0.4 is 0 Å². The van der Waals surface area contributed by atoms with Crippen molar-refractivity contribution in [2.24, 2.45) is 35.5 Å². The fourth-order valence-electron chi connectivity index (χ4n) is 9.09. The van der Waals surface area contributed by atoms with Gasteiger partial charge in [-0.2, -0.15) is 0 Å². The van der Waals surface area contributed by atoms with Crippen molar-refractivity contribution in [3.05, 3.63) is 0 Å². The van der Waals surface area contributed by atoms with Gasteiger partial charge >= 0.3 is 0 Å². The van der Waals surface area contributed by atoms with Crippen molar-refractivity contribution < 1.29 is 20.4 Å². The van der Waals surface area contributed by atoms with E-state index in [9.17, 15) is 0 Å². The van der Waals surface area contributed by atoms with Crippen LogP contribution >= 0.6 is 8.58 Å². The molecule has 0 aromatic heterocycles. The molecule has 8 rings (SSSR count). The third-order valence-electron chi connectivity index (χ3n) is 8.61. The summed E-state index contributed by atoms with van der Waals surface area (Å²) >= 11 is 0. The fraction of sp³-hybridized carbons (Fsp3) is 1.00. The first-order chi connectivity index (χ1) is 10.2. The zero-order valence-electron chi connectivity index (χ0n) is 13.8. The fourth-order valence-corrected chi connectivity index (χ4v) is 12.6. The summed E-state index contributed by atoms with van der Waals surface area (Å²) < 4.78 is 0. The van der Waals surface area contributed by atoms with E-state index in [1.54, 1.807) is 77.0 Å². The Kier molecular flexibility index (Phi) is 3.53. The summed E-state index contributed by atoms with van der Waals surface area (Å²) in [5.74, 6) is 6.99. The van der Waals surface area contributed by atoms with Crippen LogP contribution in [0, 0.1) is 35.5 Å². The molecule has 8 saturated carbocycles. The van der Waals surface area contributed by atoms with E-state index in [1.165, 1.54) is 8.58 Å². The predicted octanol–water partition coefficient (Wildman–Crippen LogP) is 5.60. The molecule has 8 aliphatic rings. The van der Waals surface area contributed by atoms with Crippen LogP contribution in [0.2, 0.25) is 0 Å². The molecular formula is C20H31PPd. The molecule has 0 heterocycles. The van der Waals surface area contributed by atoms with Crippen molar-refractivity contribution in [2.45, 2.75) is 87.4 Å². The third kappa shape index (κ3) is 2.28. The van der Waals surface area contributed by atoms with Crippen LogP contribution in [-0.2, 0) is 20.4 Å². The summed E-state index contributed by atoms with van der Waals surface area (Å²) in [6, 6.07) is 0. The van der Waals surface area contributed by atoms with Gasteiger partial charge in [-0.1, -0.05) is 0 Å². The van der Waals surface area contributed by atoms with Gasteiger partial charge in [0.25, 0.3) is 0 Å². The van der Waals surface area contributed by atoms with Gasteiger partial charge in [-0.15, -0.1) is 8.58 Å². The Balaban J connectivity index is 0.00000113. The monoisotopic (exact) mass is 408 g/mol. The van der Waals surface area contributed by atoms with Crippen LogP contribution in [0.4, 0.5) is 0 Å². The minimum Gasteiger partial charge on any atom is -0.109 e. The quantitative estimate of drug-likeness (QED) is 0.412. The van der Waals surface area contributed by atoms with Gasteiger partial charge in [0.2, 0.25) is 0 Å². The van der Waals surface area contributed by atoms with Crippen molar-refractivity contribution in [3.63, 3.8) is 0 Å². The normalized spacial score (nSPS) is 61.1. The molecule has 0 saturated heterocycles.